The highest BCUT2D eigenvalue weighted by Gasteiger charge is 2.14. The molecule has 0 bridgehead atoms. The number of thiazole rings is 1. The Morgan fingerprint density at radius 2 is 1.78 bits per heavy atom. The molecule has 96 valence electrons. The normalized spacial score (nSPS) is 12.7. The van der Waals surface area contributed by atoms with Gasteiger partial charge in [0.2, 0.25) is 0 Å². The highest BCUT2D eigenvalue weighted by Crippen LogP contribution is 2.27. The molecule has 0 aliphatic heterocycles. The quantitative estimate of drug-likeness (QED) is 0.914. The molecule has 2 nitrogen and oxygen atoms in total. The van der Waals surface area contributed by atoms with Crippen LogP contribution in [-0.2, 0) is 6.42 Å². The van der Waals surface area contributed by atoms with Gasteiger partial charge < -0.3 is 5.11 Å². The van der Waals surface area contributed by atoms with Gasteiger partial charge in [0.15, 0.2) is 0 Å². The Kier molecular flexibility index (Phi) is 3.83. The molecule has 1 aromatic heterocycles. The average Bonchev–Trinajstić information content (AvgIpc) is 2.70. The molecule has 1 unspecified atom stereocenters. The predicted octanol–water partition coefficient (Wildman–Crippen LogP) is 3.65. The summed E-state index contributed by atoms with van der Waals surface area (Å²) in [7, 11) is 0. The number of rotatable bonds is 3. The maximum absolute atomic E-state index is 10.3. The molecule has 0 radical (unpaired) electrons. The monoisotopic (exact) mass is 261 g/mol. The Labute approximate surface area is 112 Å². The second-order valence-electron chi connectivity index (χ2n) is 4.88. The van der Waals surface area contributed by atoms with Crippen LogP contribution in [0.1, 0.15) is 38.2 Å². The van der Waals surface area contributed by atoms with Crippen LogP contribution in [-0.4, -0.2) is 10.1 Å². The second kappa shape index (κ2) is 5.21. The van der Waals surface area contributed by atoms with Crippen molar-refractivity contribution in [3.8, 4) is 0 Å². The number of aromatic nitrogens is 1. The molecule has 0 amide bonds. The van der Waals surface area contributed by atoms with Crippen molar-refractivity contribution in [3.05, 3.63) is 50.5 Å². The van der Waals surface area contributed by atoms with Crippen LogP contribution in [0.3, 0.4) is 0 Å². The van der Waals surface area contributed by atoms with Crippen LogP contribution in [0.15, 0.2) is 18.3 Å². The fourth-order valence-electron chi connectivity index (χ4n) is 2.36. The molecule has 0 saturated carbocycles. The van der Waals surface area contributed by atoms with Gasteiger partial charge in [0, 0.05) is 12.6 Å². The minimum Gasteiger partial charge on any atom is -0.387 e. The van der Waals surface area contributed by atoms with E-state index in [0.717, 1.165) is 9.88 Å². The van der Waals surface area contributed by atoms with Gasteiger partial charge in [-0.3, -0.25) is 0 Å². The second-order valence-corrected chi connectivity index (χ2v) is 6.15. The number of benzene rings is 1. The van der Waals surface area contributed by atoms with Crippen LogP contribution in [0, 0.1) is 27.7 Å². The molecule has 1 atom stereocenters. The first-order valence-corrected chi connectivity index (χ1v) is 6.96. The molecule has 0 saturated heterocycles. The van der Waals surface area contributed by atoms with Crippen molar-refractivity contribution in [3.63, 3.8) is 0 Å². The maximum Gasteiger partial charge on any atom is 0.0938 e. The van der Waals surface area contributed by atoms with Crippen molar-refractivity contribution in [2.45, 2.75) is 40.2 Å². The van der Waals surface area contributed by atoms with E-state index < -0.39 is 6.10 Å². The molecule has 0 spiro atoms. The summed E-state index contributed by atoms with van der Waals surface area (Å²) < 4.78 is 0. The molecular weight excluding hydrogens is 242 g/mol. The lowest BCUT2D eigenvalue weighted by atomic mass is 9.95. The van der Waals surface area contributed by atoms with Crippen molar-refractivity contribution in [2.24, 2.45) is 0 Å². The number of aliphatic hydroxyl groups is 1. The van der Waals surface area contributed by atoms with Gasteiger partial charge >= 0.3 is 0 Å². The lowest BCUT2D eigenvalue weighted by Crippen LogP contribution is -2.04. The third-order valence-corrected chi connectivity index (χ3v) is 4.22. The summed E-state index contributed by atoms with van der Waals surface area (Å²) in [4.78, 5) is 5.15. The van der Waals surface area contributed by atoms with Gasteiger partial charge in [-0.15, -0.1) is 11.3 Å². The minimum atomic E-state index is -0.448. The predicted molar refractivity (Wildman–Crippen MR) is 76.2 cm³/mol. The van der Waals surface area contributed by atoms with Crippen LogP contribution in [0.5, 0.6) is 0 Å². The molecule has 1 heterocycles. The van der Waals surface area contributed by atoms with Crippen LogP contribution >= 0.6 is 11.3 Å². The summed E-state index contributed by atoms with van der Waals surface area (Å²) in [6.45, 7) is 8.29. The average molecular weight is 261 g/mol. The van der Waals surface area contributed by atoms with Crippen molar-refractivity contribution in [2.75, 3.05) is 0 Å². The zero-order valence-electron chi connectivity index (χ0n) is 11.3. The Balaban J connectivity index is 2.24. The lowest BCUT2D eigenvalue weighted by Gasteiger charge is -2.14. The molecule has 1 aromatic carbocycles. The molecule has 1 N–H and O–H groups in total. The standard InChI is InChI=1S/C15H19NOS/c1-9-5-10(2)13(11(3)6-9)7-14(17)15-8-16-12(4)18-15/h5-6,8,14,17H,7H2,1-4H3. The maximum atomic E-state index is 10.3. The van der Waals surface area contributed by atoms with Crippen LogP contribution in [0.4, 0.5) is 0 Å². The molecular formula is C15H19NOS. The number of aliphatic hydroxyl groups excluding tert-OH is 1. The molecule has 3 heteroatoms. The molecule has 2 rings (SSSR count). The van der Waals surface area contributed by atoms with E-state index in [0.29, 0.717) is 6.42 Å². The van der Waals surface area contributed by atoms with E-state index in [1.54, 1.807) is 17.5 Å². The van der Waals surface area contributed by atoms with Crippen molar-refractivity contribution in [1.82, 2.24) is 4.98 Å². The summed E-state index contributed by atoms with van der Waals surface area (Å²) in [5.41, 5.74) is 5.04. The van der Waals surface area contributed by atoms with Crippen molar-refractivity contribution >= 4 is 11.3 Å². The number of hydrogen-bond donors (Lipinski definition) is 1. The number of hydrogen-bond acceptors (Lipinski definition) is 3. The van der Waals surface area contributed by atoms with E-state index in [2.05, 4.69) is 37.9 Å². The molecule has 0 aliphatic rings. The topological polar surface area (TPSA) is 33.1 Å². The SMILES string of the molecule is Cc1cc(C)c(CC(O)c2cnc(C)s2)c(C)c1. The van der Waals surface area contributed by atoms with Gasteiger partial charge in [-0.1, -0.05) is 17.7 Å². The smallest absolute Gasteiger partial charge is 0.0938 e. The zero-order valence-corrected chi connectivity index (χ0v) is 12.1. The third kappa shape index (κ3) is 2.79. The van der Waals surface area contributed by atoms with Crippen molar-refractivity contribution < 1.29 is 5.11 Å². The first-order valence-electron chi connectivity index (χ1n) is 6.14. The summed E-state index contributed by atoms with van der Waals surface area (Å²) in [5.74, 6) is 0. The van der Waals surface area contributed by atoms with Crippen LogP contribution in [0.25, 0.3) is 0 Å². The number of aryl methyl sites for hydroxylation is 4. The fraction of sp³-hybridized carbons (Fsp3) is 0.400. The van der Waals surface area contributed by atoms with Gasteiger partial charge in [-0.05, 0) is 44.4 Å². The first kappa shape index (κ1) is 13.2. The van der Waals surface area contributed by atoms with E-state index in [-0.39, 0.29) is 0 Å². The van der Waals surface area contributed by atoms with Gasteiger partial charge in [-0.2, -0.15) is 0 Å². The molecule has 2 aromatic rings. The van der Waals surface area contributed by atoms with Crippen molar-refractivity contribution in [1.29, 1.82) is 0 Å². The Hall–Kier alpha value is -1.19. The van der Waals surface area contributed by atoms with Gasteiger partial charge in [0.1, 0.15) is 0 Å². The third-order valence-electron chi connectivity index (χ3n) is 3.21. The highest BCUT2D eigenvalue weighted by atomic mass is 32.1. The Morgan fingerprint density at radius 1 is 1.17 bits per heavy atom. The van der Waals surface area contributed by atoms with E-state index >= 15 is 0 Å². The summed E-state index contributed by atoms with van der Waals surface area (Å²) in [5, 5.41) is 11.3. The summed E-state index contributed by atoms with van der Waals surface area (Å²) in [6, 6.07) is 4.35. The Morgan fingerprint density at radius 3 is 2.28 bits per heavy atom. The van der Waals surface area contributed by atoms with Gasteiger partial charge in [0.05, 0.1) is 16.0 Å². The van der Waals surface area contributed by atoms with E-state index in [1.165, 1.54) is 22.3 Å². The summed E-state index contributed by atoms with van der Waals surface area (Å²) >= 11 is 1.57. The zero-order chi connectivity index (χ0) is 13.3. The largest absolute Gasteiger partial charge is 0.387 e. The minimum absolute atomic E-state index is 0.448. The van der Waals surface area contributed by atoms with E-state index in [4.69, 9.17) is 0 Å². The van der Waals surface area contributed by atoms with Gasteiger partial charge in [-0.25, -0.2) is 4.98 Å². The molecule has 18 heavy (non-hydrogen) atoms. The molecule has 0 aliphatic carbocycles. The van der Waals surface area contributed by atoms with Crippen LogP contribution in [0.2, 0.25) is 0 Å². The fourth-order valence-corrected chi connectivity index (χ4v) is 3.13. The van der Waals surface area contributed by atoms with Gasteiger partial charge in [0.25, 0.3) is 0 Å². The van der Waals surface area contributed by atoms with E-state index in [9.17, 15) is 5.11 Å². The number of nitrogens with zero attached hydrogens (tertiary/aromatic N) is 1. The van der Waals surface area contributed by atoms with Crippen LogP contribution < -0.4 is 0 Å². The van der Waals surface area contributed by atoms with E-state index in [1.807, 2.05) is 6.92 Å². The lowest BCUT2D eigenvalue weighted by molar-refractivity contribution is 0.181. The molecule has 0 fully saturated rings. The first-order chi connectivity index (χ1) is 8.47. The summed E-state index contributed by atoms with van der Waals surface area (Å²) in [6.07, 6.45) is 2.00. The Bertz CT molecular complexity index is 536. The highest BCUT2D eigenvalue weighted by molar-refractivity contribution is 7.11.